The lowest BCUT2D eigenvalue weighted by atomic mass is 9.88. The maximum Gasteiger partial charge on any atom is 0.194 e. The number of carbonyl (C=O) groups is 1. The number of para-hydroxylation sites is 3. The molecule has 0 amide bonds. The van der Waals surface area contributed by atoms with E-state index in [-0.39, 0.29) is 5.78 Å². The van der Waals surface area contributed by atoms with Crippen molar-refractivity contribution in [3.63, 3.8) is 0 Å². The van der Waals surface area contributed by atoms with Gasteiger partial charge in [-0.3, -0.25) is 4.79 Å². The van der Waals surface area contributed by atoms with E-state index in [1.54, 1.807) is 0 Å². The van der Waals surface area contributed by atoms with Crippen LogP contribution in [0.25, 0.3) is 122 Å². The Hall–Kier alpha value is -9.38. The van der Waals surface area contributed by atoms with Gasteiger partial charge in [0.15, 0.2) is 5.78 Å². The van der Waals surface area contributed by atoms with Gasteiger partial charge in [-0.1, -0.05) is 170 Å². The Morgan fingerprint density at radius 3 is 1.17 bits per heavy atom. The van der Waals surface area contributed by atoms with E-state index in [1.807, 2.05) is 60.7 Å². The molecule has 326 valence electrons. The van der Waals surface area contributed by atoms with Gasteiger partial charge < -0.3 is 9.13 Å². The lowest BCUT2D eigenvalue weighted by Crippen LogP contribution is -1.95. The summed E-state index contributed by atoms with van der Waals surface area (Å²) in [6.07, 6.45) is 0. The van der Waals surface area contributed by atoms with Gasteiger partial charge in [0.05, 0.1) is 33.5 Å². The van der Waals surface area contributed by atoms with Crippen molar-refractivity contribution >= 4 is 49.4 Å². The van der Waals surface area contributed by atoms with Crippen molar-refractivity contribution in [1.29, 1.82) is 0 Å². The van der Waals surface area contributed by atoms with Crippen molar-refractivity contribution in [2.75, 3.05) is 0 Å². The summed E-state index contributed by atoms with van der Waals surface area (Å²) in [7, 11) is 0. The topological polar surface area (TPSA) is 39.8 Å². The smallest absolute Gasteiger partial charge is 0.194 e. The highest BCUT2D eigenvalue weighted by Crippen LogP contribution is 2.49. The molecule has 14 rings (SSSR count). The maximum absolute atomic E-state index is 14.6. The molecule has 10 aromatic carbocycles. The summed E-state index contributed by atoms with van der Waals surface area (Å²) in [5.41, 5.74) is 20.5. The average molecular weight is 892 g/mol. The van der Waals surface area contributed by atoms with Crippen molar-refractivity contribution in [3.8, 4) is 78.4 Å². The second-order valence-corrected chi connectivity index (χ2v) is 18.2. The molecule has 0 saturated heterocycles. The number of rotatable bonds is 7. The zero-order valence-corrected chi connectivity index (χ0v) is 37.9. The van der Waals surface area contributed by atoms with Crippen molar-refractivity contribution < 1.29 is 4.79 Å². The summed E-state index contributed by atoms with van der Waals surface area (Å²) < 4.78 is 4.74. The Morgan fingerprint density at radius 1 is 0.271 bits per heavy atom. The largest absolute Gasteiger partial charge is 0.309 e. The molecule has 0 radical (unpaired) electrons. The quantitative estimate of drug-likeness (QED) is 0.160. The van der Waals surface area contributed by atoms with Gasteiger partial charge in [0, 0.05) is 66.3 Å². The summed E-state index contributed by atoms with van der Waals surface area (Å²) in [5, 5.41) is 4.75. The van der Waals surface area contributed by atoms with Gasteiger partial charge in [0.1, 0.15) is 0 Å². The van der Waals surface area contributed by atoms with Gasteiger partial charge in [-0.15, -0.1) is 0 Å². The van der Waals surface area contributed by atoms with E-state index in [2.05, 4.69) is 197 Å². The first kappa shape index (κ1) is 39.8. The second kappa shape index (κ2) is 15.9. The van der Waals surface area contributed by atoms with Crippen molar-refractivity contribution in [3.05, 3.63) is 260 Å². The van der Waals surface area contributed by atoms with E-state index in [0.717, 1.165) is 111 Å². The third-order valence-corrected chi connectivity index (χ3v) is 14.3. The fourth-order valence-corrected chi connectivity index (χ4v) is 11.1. The molecular weight excluding hydrogens is 851 g/mol. The predicted octanol–water partition coefficient (Wildman–Crippen LogP) is 16.8. The monoisotopic (exact) mass is 891 g/mol. The van der Waals surface area contributed by atoms with E-state index in [0.29, 0.717) is 0 Å². The molecule has 0 atom stereocenters. The second-order valence-electron chi connectivity index (χ2n) is 18.2. The Balaban J connectivity index is 0.957. The molecule has 3 heterocycles. The van der Waals surface area contributed by atoms with Crippen LogP contribution in [0.1, 0.15) is 15.9 Å². The van der Waals surface area contributed by atoms with Crippen LogP contribution in [0.3, 0.4) is 0 Å². The van der Waals surface area contributed by atoms with E-state index in [4.69, 9.17) is 4.98 Å². The highest BCUT2D eigenvalue weighted by molar-refractivity contribution is 6.26. The molecule has 0 fully saturated rings. The molecule has 0 saturated carbocycles. The summed E-state index contributed by atoms with van der Waals surface area (Å²) in [5.74, 6) is 0.0459. The zero-order valence-electron chi connectivity index (χ0n) is 37.9. The van der Waals surface area contributed by atoms with Crippen LogP contribution in [0, 0.1) is 0 Å². The minimum atomic E-state index is 0.0459. The maximum atomic E-state index is 14.6. The fraction of sp³-hybridized carbons (Fsp3) is 0. The fourth-order valence-electron chi connectivity index (χ4n) is 11.1. The Morgan fingerprint density at radius 2 is 0.657 bits per heavy atom. The molecule has 0 bridgehead atoms. The first-order valence-electron chi connectivity index (χ1n) is 23.8. The molecular formula is C66H41N3O. The van der Waals surface area contributed by atoms with Crippen LogP contribution in [0.15, 0.2) is 249 Å². The molecule has 1 aliphatic carbocycles. The SMILES string of the molecule is O=C1c2cccc(-c3cc(-c4ccccc4)nc(-c4ccccc4)c3)c2-c2c1cccc2-c1ccc2c(c1)c1cc(-c3ccc4c(c3)c3ccccc3n4-c3ccccc3)ccc1n2-c1ccccc1. The number of fused-ring (bicyclic) bond motifs is 9. The van der Waals surface area contributed by atoms with Crippen LogP contribution in [0.5, 0.6) is 0 Å². The molecule has 0 unspecified atom stereocenters. The number of aromatic nitrogens is 3. The van der Waals surface area contributed by atoms with E-state index < -0.39 is 0 Å². The number of benzene rings is 10. The first-order valence-corrected chi connectivity index (χ1v) is 23.8. The lowest BCUT2D eigenvalue weighted by molar-refractivity contribution is 0.104. The normalized spacial score (nSPS) is 12.0. The molecule has 4 nitrogen and oxygen atoms in total. The zero-order chi connectivity index (χ0) is 46.3. The lowest BCUT2D eigenvalue weighted by Gasteiger charge is -2.16. The van der Waals surface area contributed by atoms with Crippen LogP contribution in [0.4, 0.5) is 0 Å². The van der Waals surface area contributed by atoms with Crippen LogP contribution in [0.2, 0.25) is 0 Å². The number of hydrogen-bond donors (Lipinski definition) is 0. The van der Waals surface area contributed by atoms with Gasteiger partial charge in [0.25, 0.3) is 0 Å². The summed E-state index contributed by atoms with van der Waals surface area (Å²) >= 11 is 0. The highest BCUT2D eigenvalue weighted by atomic mass is 16.1. The number of carbonyl (C=O) groups excluding carboxylic acids is 1. The van der Waals surface area contributed by atoms with Gasteiger partial charge in [-0.05, 0) is 112 Å². The molecule has 3 aromatic heterocycles. The van der Waals surface area contributed by atoms with Crippen LogP contribution in [-0.2, 0) is 0 Å². The van der Waals surface area contributed by atoms with Gasteiger partial charge in [-0.25, -0.2) is 4.98 Å². The summed E-state index contributed by atoms with van der Waals surface area (Å²) in [6.45, 7) is 0. The third kappa shape index (κ3) is 6.24. The highest BCUT2D eigenvalue weighted by Gasteiger charge is 2.32. The molecule has 13 aromatic rings. The number of pyridine rings is 1. The molecule has 0 N–H and O–H groups in total. The molecule has 1 aliphatic rings. The molecule has 4 heteroatoms. The van der Waals surface area contributed by atoms with E-state index >= 15 is 0 Å². The van der Waals surface area contributed by atoms with Gasteiger partial charge in [0.2, 0.25) is 0 Å². The summed E-state index contributed by atoms with van der Waals surface area (Å²) in [6, 6.07) is 87.9. The molecule has 0 aliphatic heterocycles. The molecule has 70 heavy (non-hydrogen) atoms. The van der Waals surface area contributed by atoms with Crippen molar-refractivity contribution in [2.45, 2.75) is 0 Å². The number of ketones is 1. The average Bonchev–Trinajstić information content (AvgIpc) is 4.06. The Bertz CT molecular complexity index is 4170. The van der Waals surface area contributed by atoms with Crippen molar-refractivity contribution in [2.24, 2.45) is 0 Å². The Kier molecular flexibility index (Phi) is 9.01. The van der Waals surface area contributed by atoms with Gasteiger partial charge >= 0.3 is 0 Å². The standard InChI is InChI=1S/C66H41N3O/c70-66-53-28-15-26-50(64(53)65-51(27-16-29-54(65)66)47-40-58(42-17-5-1-6-18-42)67-59(41-47)43-19-7-2-8-20-43)46-33-36-63-57(39-46)56-38-45(32-35-62(56)69(63)49-23-11-4-12-24-49)44-31-34-61-55(37-44)52-25-13-14-30-60(52)68(61)48-21-9-3-10-22-48/h1-41H. The minimum Gasteiger partial charge on any atom is -0.309 e. The third-order valence-electron chi connectivity index (χ3n) is 14.3. The minimum absolute atomic E-state index is 0.0459. The Labute approximate surface area is 404 Å². The van der Waals surface area contributed by atoms with Crippen LogP contribution < -0.4 is 0 Å². The number of nitrogens with zero attached hydrogens (tertiary/aromatic N) is 3. The van der Waals surface area contributed by atoms with Crippen LogP contribution >= 0.6 is 0 Å². The number of hydrogen-bond acceptors (Lipinski definition) is 2. The van der Waals surface area contributed by atoms with Crippen LogP contribution in [-0.4, -0.2) is 19.9 Å². The van der Waals surface area contributed by atoms with Crippen molar-refractivity contribution in [1.82, 2.24) is 14.1 Å². The summed E-state index contributed by atoms with van der Waals surface area (Å²) in [4.78, 5) is 19.8. The predicted molar refractivity (Wildman–Crippen MR) is 289 cm³/mol. The molecule has 0 spiro atoms. The van der Waals surface area contributed by atoms with E-state index in [1.165, 1.54) is 21.8 Å². The van der Waals surface area contributed by atoms with Gasteiger partial charge in [-0.2, -0.15) is 0 Å². The van der Waals surface area contributed by atoms with E-state index in [9.17, 15) is 4.79 Å². The first-order chi connectivity index (χ1) is 34.6.